The lowest BCUT2D eigenvalue weighted by Crippen LogP contribution is -2.30. The first-order valence-corrected chi connectivity index (χ1v) is 7.48. The van der Waals surface area contributed by atoms with E-state index in [0.29, 0.717) is 11.7 Å². The van der Waals surface area contributed by atoms with Crippen LogP contribution in [0.3, 0.4) is 0 Å². The van der Waals surface area contributed by atoms with Crippen molar-refractivity contribution in [3.05, 3.63) is 56.5 Å². The highest BCUT2D eigenvalue weighted by Crippen LogP contribution is 2.23. The Hall–Kier alpha value is -1.81. The van der Waals surface area contributed by atoms with E-state index in [9.17, 15) is 4.79 Å². The van der Waals surface area contributed by atoms with Gasteiger partial charge in [0.25, 0.3) is 5.56 Å². The van der Waals surface area contributed by atoms with Gasteiger partial charge in [-0.15, -0.1) is 0 Å². The molecule has 110 valence electrons. The first-order valence-electron chi connectivity index (χ1n) is 7.10. The topological polar surface area (TPSA) is 44.1 Å². The minimum Gasteiger partial charge on any atom is -0.497 e. The van der Waals surface area contributed by atoms with E-state index in [-0.39, 0.29) is 5.56 Å². The van der Waals surface area contributed by atoms with E-state index in [1.165, 1.54) is 4.68 Å². The van der Waals surface area contributed by atoms with Crippen LogP contribution in [-0.4, -0.2) is 16.9 Å². The maximum atomic E-state index is 12.5. The van der Waals surface area contributed by atoms with Crippen molar-refractivity contribution in [3.8, 4) is 5.75 Å². The highest BCUT2D eigenvalue weighted by Gasteiger charge is 2.19. The highest BCUT2D eigenvalue weighted by molar-refractivity contribution is 6.30. The van der Waals surface area contributed by atoms with Crippen LogP contribution in [0.1, 0.15) is 29.5 Å². The number of fused-ring (bicyclic) bond motifs is 1. The summed E-state index contributed by atoms with van der Waals surface area (Å²) in [5.41, 5.74) is 2.77. The van der Waals surface area contributed by atoms with Gasteiger partial charge in [-0.05, 0) is 48.9 Å². The van der Waals surface area contributed by atoms with Gasteiger partial charge in [0.2, 0.25) is 0 Å². The Morgan fingerprint density at radius 2 is 1.86 bits per heavy atom. The van der Waals surface area contributed by atoms with Crippen molar-refractivity contribution in [2.24, 2.45) is 0 Å². The summed E-state index contributed by atoms with van der Waals surface area (Å²) in [6, 6.07) is 7.61. The minimum atomic E-state index is -0.00934. The highest BCUT2D eigenvalue weighted by atomic mass is 35.5. The lowest BCUT2D eigenvalue weighted by Gasteiger charge is -2.17. The predicted octanol–water partition coefficient (Wildman–Crippen LogP) is 2.83. The first-order chi connectivity index (χ1) is 10.2. The summed E-state index contributed by atoms with van der Waals surface area (Å²) in [5, 5.41) is 4.73. The van der Waals surface area contributed by atoms with E-state index in [0.717, 1.165) is 48.1 Å². The summed E-state index contributed by atoms with van der Waals surface area (Å²) in [6.07, 6.45) is 3.79. The van der Waals surface area contributed by atoms with Gasteiger partial charge in [-0.25, -0.2) is 4.68 Å². The average molecular weight is 305 g/mol. The summed E-state index contributed by atoms with van der Waals surface area (Å²) in [4.78, 5) is 12.5. The summed E-state index contributed by atoms with van der Waals surface area (Å²) in [6.45, 7) is 0.426. The van der Waals surface area contributed by atoms with Crippen LogP contribution in [-0.2, 0) is 19.4 Å². The molecule has 0 saturated heterocycles. The number of nitrogens with zero attached hydrogens (tertiary/aromatic N) is 2. The minimum absolute atomic E-state index is 0.00934. The lowest BCUT2D eigenvalue weighted by atomic mass is 9.94. The number of aromatic nitrogens is 2. The number of hydrogen-bond donors (Lipinski definition) is 0. The SMILES string of the molecule is COc1ccc(Cn2nc(Cl)c3c(c2=O)CCCC3)cc1. The van der Waals surface area contributed by atoms with Crippen LogP contribution in [0.4, 0.5) is 0 Å². The van der Waals surface area contributed by atoms with Crippen molar-refractivity contribution in [3.63, 3.8) is 0 Å². The molecule has 0 unspecified atom stereocenters. The Balaban J connectivity index is 1.95. The molecular weight excluding hydrogens is 288 g/mol. The van der Waals surface area contributed by atoms with Crippen LogP contribution in [0.25, 0.3) is 0 Å². The lowest BCUT2D eigenvalue weighted by molar-refractivity contribution is 0.414. The van der Waals surface area contributed by atoms with Gasteiger partial charge in [0, 0.05) is 5.56 Å². The standard InChI is InChI=1S/C16H17ClN2O2/c1-21-12-8-6-11(7-9-12)10-19-16(20)14-5-3-2-4-13(14)15(17)18-19/h6-9H,2-5,10H2,1H3. The molecule has 0 spiro atoms. The second-order valence-corrected chi connectivity index (χ2v) is 5.62. The second kappa shape index (κ2) is 5.90. The molecule has 0 saturated carbocycles. The zero-order valence-electron chi connectivity index (χ0n) is 11.9. The zero-order valence-corrected chi connectivity index (χ0v) is 12.7. The fourth-order valence-corrected chi connectivity index (χ4v) is 3.05. The molecule has 3 rings (SSSR count). The van der Waals surface area contributed by atoms with E-state index in [1.807, 2.05) is 24.3 Å². The summed E-state index contributed by atoms with van der Waals surface area (Å²) < 4.78 is 6.60. The van der Waals surface area contributed by atoms with Crippen molar-refractivity contribution in [1.29, 1.82) is 0 Å². The smallest absolute Gasteiger partial charge is 0.270 e. The molecule has 1 aliphatic carbocycles. The zero-order chi connectivity index (χ0) is 14.8. The quantitative estimate of drug-likeness (QED) is 0.876. The Bertz CT molecular complexity index is 707. The van der Waals surface area contributed by atoms with Crippen LogP contribution in [0, 0.1) is 0 Å². The van der Waals surface area contributed by atoms with Gasteiger partial charge < -0.3 is 4.74 Å². The van der Waals surface area contributed by atoms with Crippen molar-refractivity contribution in [2.75, 3.05) is 7.11 Å². The summed E-state index contributed by atoms with van der Waals surface area (Å²) in [5.74, 6) is 0.794. The molecule has 0 fully saturated rings. The van der Waals surface area contributed by atoms with E-state index >= 15 is 0 Å². The fourth-order valence-electron chi connectivity index (χ4n) is 2.75. The summed E-state index contributed by atoms with van der Waals surface area (Å²) in [7, 11) is 1.63. The number of hydrogen-bond acceptors (Lipinski definition) is 3. The molecule has 1 aromatic carbocycles. The van der Waals surface area contributed by atoms with Gasteiger partial charge >= 0.3 is 0 Å². The van der Waals surface area contributed by atoms with E-state index in [2.05, 4.69) is 5.10 Å². The van der Waals surface area contributed by atoms with Crippen molar-refractivity contribution in [1.82, 2.24) is 9.78 Å². The number of benzene rings is 1. The molecule has 21 heavy (non-hydrogen) atoms. The maximum absolute atomic E-state index is 12.5. The van der Waals surface area contributed by atoms with Gasteiger partial charge in [0.05, 0.1) is 13.7 Å². The second-order valence-electron chi connectivity index (χ2n) is 5.27. The molecule has 2 aromatic rings. The third kappa shape index (κ3) is 2.81. The van der Waals surface area contributed by atoms with Crippen LogP contribution in [0.2, 0.25) is 5.15 Å². The fraction of sp³-hybridized carbons (Fsp3) is 0.375. The van der Waals surface area contributed by atoms with Crippen LogP contribution in [0.15, 0.2) is 29.1 Å². The molecule has 0 N–H and O–H groups in total. The van der Waals surface area contributed by atoms with Crippen molar-refractivity contribution < 1.29 is 4.74 Å². The Kier molecular flexibility index (Phi) is 3.97. The number of methoxy groups -OCH3 is 1. The molecule has 1 aliphatic rings. The van der Waals surface area contributed by atoms with Gasteiger partial charge in [0.15, 0.2) is 5.15 Å². The van der Waals surface area contributed by atoms with E-state index in [1.54, 1.807) is 7.11 Å². The molecule has 0 bridgehead atoms. The molecule has 1 aromatic heterocycles. The van der Waals surface area contributed by atoms with Crippen LogP contribution < -0.4 is 10.3 Å². The molecule has 0 amide bonds. The van der Waals surface area contributed by atoms with Gasteiger partial charge in [0.1, 0.15) is 5.75 Å². The summed E-state index contributed by atoms with van der Waals surface area (Å²) >= 11 is 6.24. The first kappa shape index (κ1) is 14.1. The average Bonchev–Trinajstić information content (AvgIpc) is 2.53. The number of halogens is 1. The molecule has 0 aliphatic heterocycles. The van der Waals surface area contributed by atoms with E-state index in [4.69, 9.17) is 16.3 Å². The number of ether oxygens (including phenoxy) is 1. The molecule has 5 heteroatoms. The Labute approximate surface area is 128 Å². The molecule has 0 atom stereocenters. The Morgan fingerprint density at radius 1 is 1.19 bits per heavy atom. The number of rotatable bonds is 3. The maximum Gasteiger partial charge on any atom is 0.270 e. The van der Waals surface area contributed by atoms with Gasteiger partial charge in [-0.3, -0.25) is 4.79 Å². The van der Waals surface area contributed by atoms with Crippen LogP contribution in [0.5, 0.6) is 5.75 Å². The molecule has 4 nitrogen and oxygen atoms in total. The van der Waals surface area contributed by atoms with Gasteiger partial charge in [-0.1, -0.05) is 23.7 Å². The predicted molar refractivity (Wildman–Crippen MR) is 82.2 cm³/mol. The molecular formula is C16H17ClN2O2. The van der Waals surface area contributed by atoms with E-state index < -0.39 is 0 Å². The van der Waals surface area contributed by atoms with Crippen molar-refractivity contribution in [2.45, 2.75) is 32.2 Å². The third-order valence-electron chi connectivity index (χ3n) is 3.91. The monoisotopic (exact) mass is 304 g/mol. The van der Waals surface area contributed by atoms with Crippen LogP contribution >= 0.6 is 11.6 Å². The normalized spacial score (nSPS) is 13.8. The molecule has 0 radical (unpaired) electrons. The Morgan fingerprint density at radius 3 is 2.52 bits per heavy atom. The van der Waals surface area contributed by atoms with Gasteiger partial charge in [-0.2, -0.15) is 5.10 Å². The third-order valence-corrected chi connectivity index (χ3v) is 4.21. The molecule has 1 heterocycles. The largest absolute Gasteiger partial charge is 0.497 e. The van der Waals surface area contributed by atoms with Crippen molar-refractivity contribution >= 4 is 11.6 Å².